The minimum Gasteiger partial charge on any atom is -0.493 e. The summed E-state index contributed by atoms with van der Waals surface area (Å²) >= 11 is 0. The first-order chi connectivity index (χ1) is 7.86. The Hall–Kier alpha value is -1.02. The molecule has 1 atom stereocenters. The third-order valence-electron chi connectivity index (χ3n) is 3.75. The highest BCUT2D eigenvalue weighted by molar-refractivity contribution is 5.48. The fourth-order valence-electron chi connectivity index (χ4n) is 2.92. The molecule has 0 amide bonds. The number of nitrogens with one attached hydrogen (secondary N) is 1. The smallest absolute Gasteiger partial charge is 0.125 e. The molecular formula is C14H19NO. The van der Waals surface area contributed by atoms with Crippen molar-refractivity contribution in [3.05, 3.63) is 28.8 Å². The van der Waals surface area contributed by atoms with Crippen LogP contribution >= 0.6 is 0 Å². The van der Waals surface area contributed by atoms with Crippen LogP contribution in [0.15, 0.2) is 12.1 Å². The first kappa shape index (κ1) is 10.2. The van der Waals surface area contributed by atoms with Gasteiger partial charge in [-0.3, -0.25) is 0 Å². The molecular weight excluding hydrogens is 198 g/mol. The summed E-state index contributed by atoms with van der Waals surface area (Å²) in [6.07, 6.45) is 4.92. The number of ether oxygens (including phenoxy) is 1. The van der Waals surface area contributed by atoms with Crippen LogP contribution in [0.4, 0.5) is 0 Å². The Kier molecular flexibility index (Phi) is 2.60. The predicted molar refractivity (Wildman–Crippen MR) is 65.0 cm³/mol. The van der Waals surface area contributed by atoms with Crippen molar-refractivity contribution in [2.75, 3.05) is 13.2 Å². The van der Waals surface area contributed by atoms with E-state index in [1.54, 1.807) is 0 Å². The second-order valence-corrected chi connectivity index (χ2v) is 4.88. The molecule has 2 aliphatic rings. The fourth-order valence-corrected chi connectivity index (χ4v) is 2.92. The molecule has 3 rings (SSSR count). The third kappa shape index (κ3) is 1.61. The number of fused-ring (bicyclic) bond motifs is 1. The lowest BCUT2D eigenvalue weighted by Crippen LogP contribution is -2.18. The van der Waals surface area contributed by atoms with E-state index in [-0.39, 0.29) is 0 Å². The highest BCUT2D eigenvalue weighted by Gasteiger charge is 2.23. The van der Waals surface area contributed by atoms with Gasteiger partial charge in [0.1, 0.15) is 5.75 Å². The molecule has 1 fully saturated rings. The standard InChI is InChI=1S/C14H19NO/c1-10-6-7-11(13-5-2-8-15-13)12-4-3-9-16-14(10)12/h6-7,13,15H,2-5,8-9H2,1H3/t13-/m1/s1. The number of hydrogen-bond donors (Lipinski definition) is 1. The molecule has 1 aromatic rings. The Morgan fingerprint density at radius 2 is 2.25 bits per heavy atom. The Bertz CT molecular complexity index is 394. The van der Waals surface area contributed by atoms with Gasteiger partial charge in [-0.2, -0.15) is 0 Å². The molecule has 0 radical (unpaired) electrons. The summed E-state index contributed by atoms with van der Waals surface area (Å²) in [5, 5.41) is 3.59. The molecule has 0 unspecified atom stereocenters. The molecule has 86 valence electrons. The normalized spacial score (nSPS) is 23.9. The molecule has 1 saturated heterocycles. The van der Waals surface area contributed by atoms with E-state index in [9.17, 15) is 0 Å². The van der Waals surface area contributed by atoms with E-state index < -0.39 is 0 Å². The third-order valence-corrected chi connectivity index (χ3v) is 3.75. The summed E-state index contributed by atoms with van der Waals surface area (Å²) in [6.45, 7) is 4.19. The number of benzene rings is 1. The van der Waals surface area contributed by atoms with E-state index in [1.807, 2.05) is 0 Å². The van der Waals surface area contributed by atoms with Gasteiger partial charge in [0.2, 0.25) is 0 Å². The lowest BCUT2D eigenvalue weighted by molar-refractivity contribution is 0.284. The number of rotatable bonds is 1. The van der Waals surface area contributed by atoms with Gasteiger partial charge in [-0.1, -0.05) is 12.1 Å². The molecule has 1 N–H and O–H groups in total. The SMILES string of the molecule is Cc1ccc([C@H]2CCCN2)c2c1OCCC2. The average molecular weight is 217 g/mol. The van der Waals surface area contributed by atoms with Crippen LogP contribution in [-0.2, 0) is 6.42 Å². The molecule has 0 aliphatic carbocycles. The quantitative estimate of drug-likeness (QED) is 0.781. The summed E-state index contributed by atoms with van der Waals surface area (Å²) < 4.78 is 5.83. The van der Waals surface area contributed by atoms with Crippen molar-refractivity contribution >= 4 is 0 Å². The Morgan fingerprint density at radius 1 is 1.31 bits per heavy atom. The number of aryl methyl sites for hydroxylation is 1. The highest BCUT2D eigenvalue weighted by Crippen LogP contribution is 2.36. The predicted octanol–water partition coefficient (Wildman–Crippen LogP) is 2.74. The first-order valence-electron chi connectivity index (χ1n) is 6.35. The maximum atomic E-state index is 5.83. The van der Waals surface area contributed by atoms with Crippen LogP contribution < -0.4 is 10.1 Å². The molecule has 0 spiro atoms. The molecule has 0 bridgehead atoms. The summed E-state index contributed by atoms with van der Waals surface area (Å²) in [5.41, 5.74) is 4.24. The van der Waals surface area contributed by atoms with Crippen LogP contribution in [0.3, 0.4) is 0 Å². The van der Waals surface area contributed by atoms with Crippen LogP contribution in [0.25, 0.3) is 0 Å². The molecule has 2 nitrogen and oxygen atoms in total. The van der Waals surface area contributed by atoms with Crippen molar-refractivity contribution in [2.24, 2.45) is 0 Å². The Labute approximate surface area is 97.0 Å². The fraction of sp³-hybridized carbons (Fsp3) is 0.571. The summed E-state index contributed by atoms with van der Waals surface area (Å²) in [5.74, 6) is 1.16. The van der Waals surface area contributed by atoms with E-state index in [0.717, 1.165) is 25.3 Å². The summed E-state index contributed by atoms with van der Waals surface area (Å²) in [7, 11) is 0. The van der Waals surface area contributed by atoms with Crippen molar-refractivity contribution in [3.63, 3.8) is 0 Å². The van der Waals surface area contributed by atoms with Gasteiger partial charge in [-0.15, -0.1) is 0 Å². The van der Waals surface area contributed by atoms with E-state index in [1.165, 1.54) is 36.0 Å². The van der Waals surface area contributed by atoms with Gasteiger partial charge in [0.05, 0.1) is 6.61 Å². The van der Waals surface area contributed by atoms with Gasteiger partial charge in [0.25, 0.3) is 0 Å². The van der Waals surface area contributed by atoms with Gasteiger partial charge in [-0.25, -0.2) is 0 Å². The van der Waals surface area contributed by atoms with Crippen LogP contribution in [-0.4, -0.2) is 13.2 Å². The molecule has 0 saturated carbocycles. The molecule has 2 heteroatoms. The van der Waals surface area contributed by atoms with Gasteiger partial charge in [-0.05, 0) is 55.8 Å². The number of hydrogen-bond acceptors (Lipinski definition) is 2. The molecule has 16 heavy (non-hydrogen) atoms. The second kappa shape index (κ2) is 4.10. The second-order valence-electron chi connectivity index (χ2n) is 4.88. The first-order valence-corrected chi connectivity index (χ1v) is 6.35. The van der Waals surface area contributed by atoms with Crippen LogP contribution in [0.2, 0.25) is 0 Å². The monoisotopic (exact) mass is 217 g/mol. The van der Waals surface area contributed by atoms with E-state index in [0.29, 0.717) is 6.04 Å². The highest BCUT2D eigenvalue weighted by atomic mass is 16.5. The zero-order chi connectivity index (χ0) is 11.0. The van der Waals surface area contributed by atoms with Crippen LogP contribution in [0.5, 0.6) is 5.75 Å². The lowest BCUT2D eigenvalue weighted by atomic mass is 9.92. The summed E-state index contributed by atoms with van der Waals surface area (Å²) in [4.78, 5) is 0. The largest absolute Gasteiger partial charge is 0.493 e. The molecule has 1 aromatic carbocycles. The van der Waals surface area contributed by atoms with Crippen molar-refractivity contribution in [2.45, 2.75) is 38.6 Å². The minimum absolute atomic E-state index is 0.566. The van der Waals surface area contributed by atoms with Gasteiger partial charge >= 0.3 is 0 Å². The Balaban J connectivity index is 2.04. The molecule has 2 heterocycles. The van der Waals surface area contributed by atoms with Crippen LogP contribution in [0, 0.1) is 6.92 Å². The minimum atomic E-state index is 0.566. The summed E-state index contributed by atoms with van der Waals surface area (Å²) in [6, 6.07) is 5.07. The molecule has 0 aromatic heterocycles. The maximum absolute atomic E-state index is 5.83. The topological polar surface area (TPSA) is 21.3 Å². The maximum Gasteiger partial charge on any atom is 0.125 e. The van der Waals surface area contributed by atoms with Crippen molar-refractivity contribution in [1.82, 2.24) is 5.32 Å². The van der Waals surface area contributed by atoms with Crippen LogP contribution in [0.1, 0.15) is 42.0 Å². The average Bonchev–Trinajstić information content (AvgIpc) is 2.83. The van der Waals surface area contributed by atoms with Crippen molar-refractivity contribution in [1.29, 1.82) is 0 Å². The van der Waals surface area contributed by atoms with Gasteiger partial charge in [0, 0.05) is 6.04 Å². The van der Waals surface area contributed by atoms with E-state index in [2.05, 4.69) is 24.4 Å². The zero-order valence-corrected chi connectivity index (χ0v) is 9.88. The van der Waals surface area contributed by atoms with E-state index >= 15 is 0 Å². The van der Waals surface area contributed by atoms with E-state index in [4.69, 9.17) is 4.74 Å². The van der Waals surface area contributed by atoms with Gasteiger partial charge < -0.3 is 10.1 Å². The Morgan fingerprint density at radius 3 is 3.06 bits per heavy atom. The zero-order valence-electron chi connectivity index (χ0n) is 9.88. The van der Waals surface area contributed by atoms with Gasteiger partial charge in [0.15, 0.2) is 0 Å². The lowest BCUT2D eigenvalue weighted by Gasteiger charge is -2.24. The molecule has 2 aliphatic heterocycles. The van der Waals surface area contributed by atoms with Crippen molar-refractivity contribution < 1.29 is 4.74 Å². The van der Waals surface area contributed by atoms with Crippen molar-refractivity contribution in [3.8, 4) is 5.75 Å².